The van der Waals surface area contributed by atoms with Crippen LogP contribution in [0.5, 0.6) is 0 Å². The Balaban J connectivity index is 1.42. The van der Waals surface area contributed by atoms with E-state index in [1.807, 2.05) is 18.2 Å². The summed E-state index contributed by atoms with van der Waals surface area (Å²) in [5.41, 5.74) is 1.41. The van der Waals surface area contributed by atoms with Crippen LogP contribution in [0.2, 0.25) is 0 Å². The molecule has 1 N–H and O–H groups in total. The van der Waals surface area contributed by atoms with Crippen molar-refractivity contribution in [2.75, 3.05) is 26.2 Å². The predicted octanol–water partition coefficient (Wildman–Crippen LogP) is 2.47. The summed E-state index contributed by atoms with van der Waals surface area (Å²) < 4.78 is 13.3. The van der Waals surface area contributed by atoms with E-state index in [1.165, 1.54) is 23.1 Å². The summed E-state index contributed by atoms with van der Waals surface area (Å²) in [6.07, 6.45) is 1.55. The molecule has 0 aliphatic carbocycles. The number of aromatic amines is 1. The van der Waals surface area contributed by atoms with Gasteiger partial charge >= 0.3 is 0 Å². The topological polar surface area (TPSA) is 73.5 Å². The van der Waals surface area contributed by atoms with Crippen molar-refractivity contribution in [3.8, 4) is 0 Å². The number of carbonyl (C=O) groups is 3. The summed E-state index contributed by atoms with van der Waals surface area (Å²) in [4.78, 5) is 43.8. The number of carbonyl (C=O) groups excluding carboxylic acids is 3. The summed E-state index contributed by atoms with van der Waals surface area (Å²) in [5, 5.41) is 0.709. The monoisotopic (exact) mass is 379 g/mol. The van der Waals surface area contributed by atoms with E-state index in [0.717, 1.165) is 5.52 Å². The molecule has 7 heteroatoms. The zero-order chi connectivity index (χ0) is 19.7. The molecule has 0 bridgehead atoms. The lowest BCUT2D eigenvalue weighted by Crippen LogP contribution is -2.52. The molecule has 0 radical (unpaired) electrons. The molecule has 2 amide bonds. The van der Waals surface area contributed by atoms with E-state index in [2.05, 4.69) is 4.98 Å². The van der Waals surface area contributed by atoms with Gasteiger partial charge in [-0.15, -0.1) is 0 Å². The van der Waals surface area contributed by atoms with Gasteiger partial charge in [0, 0.05) is 48.8 Å². The highest BCUT2D eigenvalue weighted by atomic mass is 19.1. The average Bonchev–Trinajstić information content (AvgIpc) is 3.16. The fourth-order valence-electron chi connectivity index (χ4n) is 3.43. The number of nitrogens with one attached hydrogen (secondary N) is 1. The van der Waals surface area contributed by atoms with Crippen LogP contribution in [-0.4, -0.2) is 58.6 Å². The zero-order valence-corrected chi connectivity index (χ0v) is 15.0. The van der Waals surface area contributed by atoms with Gasteiger partial charge in [-0.05, 0) is 24.3 Å². The Kier molecular flexibility index (Phi) is 4.65. The maximum absolute atomic E-state index is 13.3. The standard InChI is InChI=1S/C21H18FN3O3/c22-15-5-3-4-14(12-15)20(27)24-8-10-25(11-9-24)21(28)19(26)17-13-23-18-7-2-1-6-16(17)18/h1-7,12-13,23H,8-11H2. The number of fused-ring (bicyclic) bond motifs is 1. The zero-order valence-electron chi connectivity index (χ0n) is 15.0. The summed E-state index contributed by atoms with van der Waals surface area (Å²) in [6.45, 7) is 1.10. The van der Waals surface area contributed by atoms with E-state index >= 15 is 0 Å². The number of aromatic nitrogens is 1. The molecule has 1 saturated heterocycles. The lowest BCUT2D eigenvalue weighted by molar-refractivity contribution is -0.127. The highest BCUT2D eigenvalue weighted by Crippen LogP contribution is 2.19. The van der Waals surface area contributed by atoms with Crippen LogP contribution in [0.1, 0.15) is 20.7 Å². The van der Waals surface area contributed by atoms with Gasteiger partial charge in [0.15, 0.2) is 0 Å². The minimum absolute atomic E-state index is 0.258. The molecule has 0 atom stereocenters. The number of amides is 2. The van der Waals surface area contributed by atoms with Crippen LogP contribution in [-0.2, 0) is 4.79 Å². The number of ketones is 1. The molecule has 28 heavy (non-hydrogen) atoms. The lowest BCUT2D eigenvalue weighted by atomic mass is 10.1. The number of piperazine rings is 1. The first kappa shape index (κ1) is 17.9. The molecule has 1 aliphatic heterocycles. The molecule has 0 unspecified atom stereocenters. The molecule has 4 rings (SSSR count). The number of H-pyrrole nitrogens is 1. The van der Waals surface area contributed by atoms with Crippen LogP contribution in [0.3, 0.4) is 0 Å². The van der Waals surface area contributed by atoms with Crippen molar-refractivity contribution in [1.82, 2.24) is 14.8 Å². The van der Waals surface area contributed by atoms with Crippen LogP contribution in [0.25, 0.3) is 10.9 Å². The Labute approximate surface area is 160 Å². The van der Waals surface area contributed by atoms with Crippen molar-refractivity contribution < 1.29 is 18.8 Å². The molecule has 0 spiro atoms. The molecule has 6 nitrogen and oxygen atoms in total. The van der Waals surface area contributed by atoms with Crippen molar-refractivity contribution in [2.24, 2.45) is 0 Å². The van der Waals surface area contributed by atoms with Gasteiger partial charge in [-0.2, -0.15) is 0 Å². The molecular weight excluding hydrogens is 361 g/mol. The quantitative estimate of drug-likeness (QED) is 0.561. The van der Waals surface area contributed by atoms with Gasteiger partial charge < -0.3 is 14.8 Å². The number of para-hydroxylation sites is 1. The molecule has 2 heterocycles. The summed E-state index contributed by atoms with van der Waals surface area (Å²) in [6, 6.07) is 12.8. The largest absolute Gasteiger partial charge is 0.360 e. The molecule has 1 fully saturated rings. The molecule has 0 saturated carbocycles. The summed E-state index contributed by atoms with van der Waals surface area (Å²) in [5.74, 6) is -1.90. The fourth-order valence-corrected chi connectivity index (χ4v) is 3.43. The second kappa shape index (κ2) is 7.26. The van der Waals surface area contributed by atoms with E-state index in [-0.39, 0.29) is 24.6 Å². The van der Waals surface area contributed by atoms with Gasteiger partial charge in [0.25, 0.3) is 17.6 Å². The summed E-state index contributed by atoms with van der Waals surface area (Å²) in [7, 11) is 0. The second-order valence-corrected chi connectivity index (χ2v) is 6.67. The van der Waals surface area contributed by atoms with Crippen molar-refractivity contribution in [2.45, 2.75) is 0 Å². The maximum atomic E-state index is 13.3. The Morgan fingerprint density at radius 2 is 1.61 bits per heavy atom. The first-order valence-corrected chi connectivity index (χ1v) is 8.99. The van der Waals surface area contributed by atoms with E-state index in [9.17, 15) is 18.8 Å². The van der Waals surface area contributed by atoms with Crippen LogP contribution < -0.4 is 0 Å². The third kappa shape index (κ3) is 3.26. The second-order valence-electron chi connectivity index (χ2n) is 6.67. The highest BCUT2D eigenvalue weighted by molar-refractivity contribution is 6.44. The average molecular weight is 379 g/mol. The van der Waals surface area contributed by atoms with E-state index in [1.54, 1.807) is 23.2 Å². The number of hydrogen-bond acceptors (Lipinski definition) is 3. The van der Waals surface area contributed by atoms with Crippen LogP contribution in [0, 0.1) is 5.82 Å². The number of rotatable bonds is 3. The number of hydrogen-bond donors (Lipinski definition) is 1. The number of benzene rings is 2. The Morgan fingerprint density at radius 3 is 2.36 bits per heavy atom. The predicted molar refractivity (Wildman–Crippen MR) is 102 cm³/mol. The minimum Gasteiger partial charge on any atom is -0.360 e. The fraction of sp³-hybridized carbons (Fsp3) is 0.190. The molecule has 1 aliphatic rings. The van der Waals surface area contributed by atoms with Crippen molar-refractivity contribution in [3.05, 3.63) is 71.7 Å². The number of Topliss-reactive ketones (excluding diaryl/α,β-unsaturated/α-hetero) is 1. The molecular formula is C21H18FN3O3. The Hall–Kier alpha value is -3.48. The lowest BCUT2D eigenvalue weighted by Gasteiger charge is -2.34. The van der Waals surface area contributed by atoms with Gasteiger partial charge in [-0.1, -0.05) is 24.3 Å². The Bertz CT molecular complexity index is 1070. The van der Waals surface area contributed by atoms with Gasteiger partial charge in [0.1, 0.15) is 5.82 Å². The van der Waals surface area contributed by atoms with Crippen molar-refractivity contribution >= 4 is 28.5 Å². The van der Waals surface area contributed by atoms with Crippen molar-refractivity contribution in [1.29, 1.82) is 0 Å². The van der Waals surface area contributed by atoms with Crippen LogP contribution in [0.4, 0.5) is 4.39 Å². The SMILES string of the molecule is O=C(C(=O)N1CCN(C(=O)c2cccc(F)c2)CC1)c1c[nH]c2ccccc12. The van der Waals surface area contributed by atoms with E-state index < -0.39 is 17.5 Å². The minimum atomic E-state index is -0.581. The normalized spacial score (nSPS) is 14.3. The third-order valence-corrected chi connectivity index (χ3v) is 4.95. The van der Waals surface area contributed by atoms with Gasteiger partial charge in [-0.25, -0.2) is 4.39 Å². The van der Waals surface area contributed by atoms with E-state index in [4.69, 9.17) is 0 Å². The molecule has 2 aromatic carbocycles. The van der Waals surface area contributed by atoms with Crippen LogP contribution >= 0.6 is 0 Å². The molecule has 3 aromatic rings. The third-order valence-electron chi connectivity index (χ3n) is 4.95. The highest BCUT2D eigenvalue weighted by Gasteiger charge is 2.30. The summed E-state index contributed by atoms with van der Waals surface area (Å²) >= 11 is 0. The molecule has 1 aromatic heterocycles. The van der Waals surface area contributed by atoms with Gasteiger partial charge in [0.2, 0.25) is 0 Å². The maximum Gasteiger partial charge on any atom is 0.295 e. The number of halogens is 1. The number of nitrogens with zero attached hydrogens (tertiary/aromatic N) is 2. The first-order chi connectivity index (χ1) is 13.5. The van der Waals surface area contributed by atoms with E-state index in [0.29, 0.717) is 24.0 Å². The van der Waals surface area contributed by atoms with Crippen LogP contribution in [0.15, 0.2) is 54.7 Å². The molecule has 142 valence electrons. The van der Waals surface area contributed by atoms with Gasteiger partial charge in [-0.3, -0.25) is 14.4 Å². The van der Waals surface area contributed by atoms with Crippen molar-refractivity contribution in [3.63, 3.8) is 0 Å². The van der Waals surface area contributed by atoms with Gasteiger partial charge in [0.05, 0.1) is 5.56 Å². The first-order valence-electron chi connectivity index (χ1n) is 8.99. The smallest absolute Gasteiger partial charge is 0.295 e. The Morgan fingerprint density at radius 1 is 0.893 bits per heavy atom.